The number of phenolic OH excluding ortho intramolecular Hbond substituents is 1. The van der Waals surface area contributed by atoms with E-state index < -0.39 is 0 Å². The average molecular weight is 263 g/mol. The molecule has 1 heterocycles. The van der Waals surface area contributed by atoms with E-state index >= 15 is 0 Å². The second kappa shape index (κ2) is 5.83. The number of aromatic hydroxyl groups is 1. The molecule has 2 atom stereocenters. The normalized spacial score (nSPS) is 21.8. The molecule has 2 unspecified atom stereocenters. The lowest BCUT2D eigenvalue weighted by atomic mass is 9.98. The fourth-order valence-corrected chi connectivity index (χ4v) is 3.19. The minimum Gasteiger partial charge on any atom is -0.507 e. The van der Waals surface area contributed by atoms with E-state index in [1.165, 1.54) is 12.8 Å². The number of hydrogen-bond donors (Lipinski definition) is 1. The van der Waals surface area contributed by atoms with Crippen molar-refractivity contribution in [3.8, 4) is 11.5 Å². The van der Waals surface area contributed by atoms with Crippen LogP contribution in [0.4, 0.5) is 0 Å². The molecular formula is C16H25NO2. The predicted octanol–water partition coefficient (Wildman–Crippen LogP) is 3.58. The summed E-state index contributed by atoms with van der Waals surface area (Å²) in [6.45, 7) is 7.87. The zero-order chi connectivity index (χ0) is 14.0. The molecule has 1 aliphatic heterocycles. The molecule has 1 saturated heterocycles. The van der Waals surface area contributed by atoms with Crippen LogP contribution in [0.1, 0.15) is 45.2 Å². The highest BCUT2D eigenvalue weighted by Gasteiger charge is 2.31. The summed E-state index contributed by atoms with van der Waals surface area (Å²) in [5.74, 6) is 1.70. The van der Waals surface area contributed by atoms with Gasteiger partial charge in [-0.25, -0.2) is 0 Å². The lowest BCUT2D eigenvalue weighted by Crippen LogP contribution is -2.35. The van der Waals surface area contributed by atoms with Crippen molar-refractivity contribution >= 4 is 0 Å². The summed E-state index contributed by atoms with van der Waals surface area (Å²) in [4.78, 5) is 2.52. The maximum absolute atomic E-state index is 10.2. The lowest BCUT2D eigenvalue weighted by Gasteiger charge is -2.33. The molecule has 0 saturated carbocycles. The number of phenols is 1. The third kappa shape index (κ3) is 2.86. The first kappa shape index (κ1) is 14.2. The Morgan fingerprint density at radius 1 is 1.32 bits per heavy atom. The molecule has 1 fully saturated rings. The summed E-state index contributed by atoms with van der Waals surface area (Å²) >= 11 is 0. The molecule has 0 spiro atoms. The van der Waals surface area contributed by atoms with Gasteiger partial charge in [0.15, 0.2) is 0 Å². The number of methoxy groups -OCH3 is 1. The first-order valence-corrected chi connectivity index (χ1v) is 7.17. The molecule has 1 aliphatic rings. The van der Waals surface area contributed by atoms with Gasteiger partial charge in [0.05, 0.1) is 7.11 Å². The zero-order valence-corrected chi connectivity index (χ0v) is 12.4. The molecule has 0 radical (unpaired) electrons. The van der Waals surface area contributed by atoms with Gasteiger partial charge in [-0.05, 0) is 38.3 Å². The smallest absolute Gasteiger partial charge is 0.124 e. The summed E-state index contributed by atoms with van der Waals surface area (Å²) < 4.78 is 5.14. The molecule has 3 heteroatoms. The van der Waals surface area contributed by atoms with Crippen LogP contribution < -0.4 is 4.74 Å². The van der Waals surface area contributed by atoms with Gasteiger partial charge in [-0.15, -0.1) is 0 Å². The number of benzene rings is 1. The SMILES string of the molecule is COc1ccc(C(C)N2CCCC2C(C)C)c(O)c1. The topological polar surface area (TPSA) is 32.7 Å². The largest absolute Gasteiger partial charge is 0.507 e. The van der Waals surface area contributed by atoms with Gasteiger partial charge in [-0.3, -0.25) is 4.90 Å². The van der Waals surface area contributed by atoms with Crippen LogP contribution >= 0.6 is 0 Å². The summed E-state index contributed by atoms with van der Waals surface area (Å²) in [6.07, 6.45) is 2.52. The van der Waals surface area contributed by atoms with E-state index in [1.807, 2.05) is 12.1 Å². The minimum atomic E-state index is 0.251. The number of nitrogens with zero attached hydrogens (tertiary/aromatic N) is 1. The number of ether oxygens (including phenoxy) is 1. The van der Waals surface area contributed by atoms with Crippen LogP contribution in [-0.4, -0.2) is 29.7 Å². The Hall–Kier alpha value is -1.22. The molecule has 0 bridgehead atoms. The van der Waals surface area contributed by atoms with Crippen LogP contribution in [0.3, 0.4) is 0 Å². The highest BCUT2D eigenvalue weighted by atomic mass is 16.5. The van der Waals surface area contributed by atoms with Gasteiger partial charge in [0.2, 0.25) is 0 Å². The van der Waals surface area contributed by atoms with Crippen LogP contribution in [0.2, 0.25) is 0 Å². The number of likely N-dealkylation sites (tertiary alicyclic amines) is 1. The molecule has 3 nitrogen and oxygen atoms in total. The van der Waals surface area contributed by atoms with E-state index in [0.29, 0.717) is 23.5 Å². The van der Waals surface area contributed by atoms with Crippen LogP contribution in [0.25, 0.3) is 0 Å². The van der Waals surface area contributed by atoms with Gasteiger partial charge in [0, 0.05) is 23.7 Å². The monoisotopic (exact) mass is 263 g/mol. The van der Waals surface area contributed by atoms with Gasteiger partial charge in [-0.1, -0.05) is 19.9 Å². The van der Waals surface area contributed by atoms with Crippen LogP contribution in [0.15, 0.2) is 18.2 Å². The van der Waals surface area contributed by atoms with E-state index in [0.717, 1.165) is 12.1 Å². The Labute approximate surface area is 116 Å². The summed E-state index contributed by atoms with van der Waals surface area (Å²) in [7, 11) is 1.62. The maximum Gasteiger partial charge on any atom is 0.124 e. The lowest BCUT2D eigenvalue weighted by molar-refractivity contribution is 0.154. The molecule has 0 aliphatic carbocycles. The van der Waals surface area contributed by atoms with E-state index in [-0.39, 0.29) is 6.04 Å². The van der Waals surface area contributed by atoms with Gasteiger partial charge in [0.25, 0.3) is 0 Å². The van der Waals surface area contributed by atoms with Gasteiger partial charge >= 0.3 is 0 Å². The number of rotatable bonds is 4. The molecular weight excluding hydrogens is 238 g/mol. The van der Waals surface area contributed by atoms with Crippen molar-refractivity contribution < 1.29 is 9.84 Å². The fourth-order valence-electron chi connectivity index (χ4n) is 3.19. The Morgan fingerprint density at radius 2 is 2.05 bits per heavy atom. The maximum atomic E-state index is 10.2. The molecule has 0 amide bonds. The second-order valence-electron chi connectivity index (χ2n) is 5.79. The van der Waals surface area contributed by atoms with Gasteiger partial charge < -0.3 is 9.84 Å². The zero-order valence-electron chi connectivity index (χ0n) is 12.4. The molecule has 19 heavy (non-hydrogen) atoms. The van der Waals surface area contributed by atoms with Gasteiger partial charge in [-0.2, -0.15) is 0 Å². The third-order valence-corrected chi connectivity index (χ3v) is 4.30. The third-order valence-electron chi connectivity index (χ3n) is 4.30. The van der Waals surface area contributed by atoms with Crippen molar-refractivity contribution in [3.05, 3.63) is 23.8 Å². The van der Waals surface area contributed by atoms with Crippen molar-refractivity contribution in [1.29, 1.82) is 0 Å². The standard InChI is InChI=1S/C16H25NO2/c1-11(2)15-6-5-9-17(15)12(3)14-8-7-13(19-4)10-16(14)18/h7-8,10-12,15,18H,5-6,9H2,1-4H3. The summed E-state index contributed by atoms with van der Waals surface area (Å²) in [6, 6.07) is 6.48. The Morgan fingerprint density at radius 3 is 2.63 bits per heavy atom. The van der Waals surface area contributed by atoms with Crippen molar-refractivity contribution in [3.63, 3.8) is 0 Å². The quantitative estimate of drug-likeness (QED) is 0.901. The molecule has 1 aromatic rings. The highest BCUT2D eigenvalue weighted by molar-refractivity contribution is 5.41. The first-order chi connectivity index (χ1) is 9.04. The van der Waals surface area contributed by atoms with E-state index in [1.54, 1.807) is 13.2 Å². The van der Waals surface area contributed by atoms with Crippen LogP contribution in [-0.2, 0) is 0 Å². The van der Waals surface area contributed by atoms with Crippen molar-refractivity contribution in [1.82, 2.24) is 4.90 Å². The molecule has 1 N–H and O–H groups in total. The summed E-state index contributed by atoms with van der Waals surface area (Å²) in [5, 5.41) is 10.2. The Bertz CT molecular complexity index is 431. The van der Waals surface area contributed by atoms with E-state index in [4.69, 9.17) is 4.74 Å². The summed E-state index contributed by atoms with van der Waals surface area (Å²) in [5.41, 5.74) is 0.994. The second-order valence-corrected chi connectivity index (χ2v) is 5.79. The van der Waals surface area contributed by atoms with Crippen LogP contribution in [0, 0.1) is 5.92 Å². The Kier molecular flexibility index (Phi) is 4.35. The first-order valence-electron chi connectivity index (χ1n) is 7.17. The van der Waals surface area contributed by atoms with Gasteiger partial charge in [0.1, 0.15) is 11.5 Å². The highest BCUT2D eigenvalue weighted by Crippen LogP contribution is 2.37. The average Bonchev–Trinajstić information content (AvgIpc) is 2.87. The van der Waals surface area contributed by atoms with Crippen molar-refractivity contribution in [2.24, 2.45) is 5.92 Å². The molecule has 1 aromatic carbocycles. The Balaban J connectivity index is 2.21. The predicted molar refractivity (Wildman–Crippen MR) is 77.6 cm³/mol. The molecule has 2 rings (SSSR count). The van der Waals surface area contributed by atoms with Crippen molar-refractivity contribution in [2.75, 3.05) is 13.7 Å². The van der Waals surface area contributed by atoms with E-state index in [2.05, 4.69) is 25.7 Å². The fraction of sp³-hybridized carbons (Fsp3) is 0.625. The van der Waals surface area contributed by atoms with Crippen molar-refractivity contribution in [2.45, 2.75) is 45.7 Å². The molecule has 0 aromatic heterocycles. The number of hydrogen-bond acceptors (Lipinski definition) is 3. The van der Waals surface area contributed by atoms with E-state index in [9.17, 15) is 5.11 Å². The van der Waals surface area contributed by atoms with Crippen LogP contribution in [0.5, 0.6) is 11.5 Å². The molecule has 106 valence electrons. The minimum absolute atomic E-state index is 0.251.